The summed E-state index contributed by atoms with van der Waals surface area (Å²) in [6.45, 7) is 11.4. The molecule has 0 aromatic carbocycles. The Hall–Kier alpha value is 0.350. The third-order valence-corrected chi connectivity index (χ3v) is 2.84. The summed E-state index contributed by atoms with van der Waals surface area (Å²) in [5.74, 6) is 0.989. The highest BCUT2D eigenvalue weighted by atomic mass is 32.1. The topological polar surface area (TPSA) is 0 Å². The van der Waals surface area contributed by atoms with Crippen LogP contribution in [0.2, 0.25) is 0 Å². The quantitative estimate of drug-likeness (QED) is 0.619. The molecule has 0 atom stereocenters. The third kappa shape index (κ3) is 6.74. The molecule has 0 radical (unpaired) electrons. The molecule has 0 saturated heterocycles. The molecule has 0 bridgehead atoms. The van der Waals surface area contributed by atoms with Gasteiger partial charge in [-0.2, -0.15) is 12.6 Å². The Bertz CT molecular complexity index is 109. The summed E-state index contributed by atoms with van der Waals surface area (Å²) in [7, 11) is 0. The lowest BCUT2D eigenvalue weighted by Crippen LogP contribution is -2.17. The van der Waals surface area contributed by atoms with Gasteiger partial charge < -0.3 is 0 Å². The van der Waals surface area contributed by atoms with Crippen molar-refractivity contribution in [3.8, 4) is 0 Å². The second-order valence-corrected chi connectivity index (χ2v) is 5.70. The zero-order valence-electron chi connectivity index (χ0n) is 8.57. The molecule has 1 heteroatoms. The Morgan fingerprint density at radius 3 is 1.64 bits per heavy atom. The summed E-state index contributed by atoms with van der Waals surface area (Å²) >= 11 is 4.33. The van der Waals surface area contributed by atoms with Crippen molar-refractivity contribution < 1.29 is 0 Å². The minimum atomic E-state index is 0.413. The van der Waals surface area contributed by atoms with Gasteiger partial charge in [-0.3, -0.25) is 0 Å². The highest BCUT2D eigenvalue weighted by molar-refractivity contribution is 7.80. The highest BCUT2D eigenvalue weighted by Gasteiger charge is 2.19. The molecule has 0 aliphatic rings. The Labute approximate surface area is 77.2 Å². The Morgan fingerprint density at radius 2 is 1.36 bits per heavy atom. The Morgan fingerprint density at radius 1 is 0.909 bits per heavy atom. The maximum atomic E-state index is 4.33. The molecular formula is C10H22S. The van der Waals surface area contributed by atoms with Crippen molar-refractivity contribution in [1.82, 2.24) is 0 Å². The van der Waals surface area contributed by atoms with Gasteiger partial charge in [0, 0.05) is 0 Å². The zero-order valence-corrected chi connectivity index (χ0v) is 9.46. The first-order valence-electron chi connectivity index (χ1n) is 4.38. The first kappa shape index (κ1) is 11.4. The van der Waals surface area contributed by atoms with E-state index in [2.05, 4.69) is 47.2 Å². The van der Waals surface area contributed by atoms with Crippen LogP contribution in [0.4, 0.5) is 0 Å². The Kier molecular flexibility index (Phi) is 3.96. The van der Waals surface area contributed by atoms with Crippen molar-refractivity contribution in [2.24, 2.45) is 10.8 Å². The van der Waals surface area contributed by atoms with Crippen LogP contribution in [0, 0.1) is 10.8 Å². The second-order valence-electron chi connectivity index (χ2n) is 5.38. The zero-order chi connectivity index (χ0) is 9.12. The van der Waals surface area contributed by atoms with Gasteiger partial charge in [-0.15, -0.1) is 0 Å². The fourth-order valence-corrected chi connectivity index (χ4v) is 0.951. The van der Waals surface area contributed by atoms with E-state index in [1.807, 2.05) is 0 Å². The van der Waals surface area contributed by atoms with Gasteiger partial charge in [0.2, 0.25) is 0 Å². The van der Waals surface area contributed by atoms with Crippen LogP contribution in [0.25, 0.3) is 0 Å². The molecule has 0 unspecified atom stereocenters. The first-order valence-corrected chi connectivity index (χ1v) is 5.01. The summed E-state index contributed by atoms with van der Waals surface area (Å²) in [5, 5.41) is 0. The summed E-state index contributed by atoms with van der Waals surface area (Å²) in [5.41, 5.74) is 0.886. The molecule has 0 rings (SSSR count). The van der Waals surface area contributed by atoms with Crippen LogP contribution in [0.1, 0.15) is 47.5 Å². The van der Waals surface area contributed by atoms with E-state index in [0.717, 1.165) is 5.75 Å². The molecule has 0 saturated carbocycles. The lowest BCUT2D eigenvalue weighted by Gasteiger charge is -2.27. The van der Waals surface area contributed by atoms with Crippen molar-refractivity contribution in [3.05, 3.63) is 0 Å². The monoisotopic (exact) mass is 174 g/mol. The maximum absolute atomic E-state index is 4.33. The van der Waals surface area contributed by atoms with Crippen LogP contribution in [-0.4, -0.2) is 5.75 Å². The van der Waals surface area contributed by atoms with Crippen molar-refractivity contribution >= 4 is 12.6 Å². The van der Waals surface area contributed by atoms with E-state index in [9.17, 15) is 0 Å². The van der Waals surface area contributed by atoms with Gasteiger partial charge >= 0.3 is 0 Å². The fraction of sp³-hybridized carbons (Fsp3) is 1.00. The predicted molar refractivity (Wildman–Crippen MR) is 56.3 cm³/mol. The van der Waals surface area contributed by atoms with Gasteiger partial charge in [-0.1, -0.05) is 34.6 Å². The molecule has 0 N–H and O–H groups in total. The summed E-state index contributed by atoms with van der Waals surface area (Å²) in [4.78, 5) is 0. The summed E-state index contributed by atoms with van der Waals surface area (Å²) < 4.78 is 0. The second kappa shape index (κ2) is 3.84. The number of hydrogen-bond acceptors (Lipinski definition) is 1. The third-order valence-electron chi connectivity index (χ3n) is 1.98. The molecule has 0 amide bonds. The van der Waals surface area contributed by atoms with Crippen LogP contribution in [-0.2, 0) is 0 Å². The number of rotatable bonds is 3. The van der Waals surface area contributed by atoms with Gasteiger partial charge in [0.1, 0.15) is 0 Å². The summed E-state index contributed by atoms with van der Waals surface area (Å²) in [6.07, 6.45) is 2.57. The normalized spacial score (nSPS) is 13.6. The fourth-order valence-electron chi connectivity index (χ4n) is 0.792. The van der Waals surface area contributed by atoms with Crippen molar-refractivity contribution in [1.29, 1.82) is 0 Å². The van der Waals surface area contributed by atoms with Crippen LogP contribution in [0.5, 0.6) is 0 Å². The molecule has 0 aromatic rings. The van der Waals surface area contributed by atoms with Crippen LogP contribution < -0.4 is 0 Å². The summed E-state index contributed by atoms with van der Waals surface area (Å²) in [6, 6.07) is 0. The van der Waals surface area contributed by atoms with Crippen molar-refractivity contribution in [3.63, 3.8) is 0 Å². The lowest BCUT2D eigenvalue weighted by molar-refractivity contribution is 0.280. The standard InChI is InChI=1S/C10H22S/c1-9(2,3)6-7-10(4,5)8-11/h11H,6-8H2,1-5H3. The van der Waals surface area contributed by atoms with E-state index < -0.39 is 0 Å². The lowest BCUT2D eigenvalue weighted by atomic mass is 9.81. The van der Waals surface area contributed by atoms with E-state index in [1.54, 1.807) is 0 Å². The average molecular weight is 174 g/mol. The van der Waals surface area contributed by atoms with Gasteiger partial charge in [0.25, 0.3) is 0 Å². The van der Waals surface area contributed by atoms with Crippen molar-refractivity contribution in [2.75, 3.05) is 5.75 Å². The van der Waals surface area contributed by atoms with Crippen LogP contribution in [0.3, 0.4) is 0 Å². The molecule has 0 heterocycles. The Balaban J connectivity index is 3.70. The predicted octanol–water partition coefficient (Wildman–Crippen LogP) is 3.77. The largest absolute Gasteiger partial charge is 0.179 e. The van der Waals surface area contributed by atoms with E-state index in [4.69, 9.17) is 0 Å². The van der Waals surface area contributed by atoms with E-state index in [-0.39, 0.29) is 0 Å². The van der Waals surface area contributed by atoms with Crippen LogP contribution in [0.15, 0.2) is 0 Å². The number of thiol groups is 1. The minimum absolute atomic E-state index is 0.413. The molecule has 11 heavy (non-hydrogen) atoms. The van der Waals surface area contributed by atoms with E-state index >= 15 is 0 Å². The van der Waals surface area contributed by atoms with E-state index in [1.165, 1.54) is 12.8 Å². The smallest absolute Gasteiger partial charge is 0.00464 e. The molecule has 68 valence electrons. The van der Waals surface area contributed by atoms with Gasteiger partial charge in [-0.25, -0.2) is 0 Å². The first-order chi connectivity index (χ1) is 4.77. The molecule has 0 aliphatic heterocycles. The van der Waals surface area contributed by atoms with E-state index in [0.29, 0.717) is 10.8 Å². The van der Waals surface area contributed by atoms with Gasteiger partial charge in [0.15, 0.2) is 0 Å². The molecule has 0 nitrogen and oxygen atoms in total. The minimum Gasteiger partial charge on any atom is -0.179 e. The number of hydrogen-bond donors (Lipinski definition) is 1. The van der Waals surface area contributed by atoms with Gasteiger partial charge in [-0.05, 0) is 29.4 Å². The van der Waals surface area contributed by atoms with Crippen LogP contribution >= 0.6 is 12.6 Å². The average Bonchev–Trinajstić information content (AvgIpc) is 1.83. The molecule has 0 spiro atoms. The van der Waals surface area contributed by atoms with Crippen molar-refractivity contribution in [2.45, 2.75) is 47.5 Å². The SMILES string of the molecule is CC(C)(C)CCC(C)(C)CS. The molecule has 0 aliphatic carbocycles. The molecule has 0 fully saturated rings. The van der Waals surface area contributed by atoms with Gasteiger partial charge in [0.05, 0.1) is 0 Å². The maximum Gasteiger partial charge on any atom is -0.00464 e. The molecular weight excluding hydrogens is 152 g/mol. The highest BCUT2D eigenvalue weighted by Crippen LogP contribution is 2.30. The molecule has 0 aromatic heterocycles.